The summed E-state index contributed by atoms with van der Waals surface area (Å²) < 4.78 is 2.28. The van der Waals surface area contributed by atoms with E-state index in [9.17, 15) is 0 Å². The normalized spacial score (nSPS) is 11.3. The lowest BCUT2D eigenvalue weighted by Crippen LogP contribution is -2.38. The van der Waals surface area contributed by atoms with Crippen molar-refractivity contribution >= 4 is 41.0 Å². The van der Waals surface area contributed by atoms with E-state index >= 15 is 0 Å². The first-order valence-electron chi connectivity index (χ1n) is 9.54. The molecule has 0 bridgehead atoms. The number of nitrogens with zero attached hydrogens (tertiary/aromatic N) is 4. The predicted octanol–water partition coefficient (Wildman–Crippen LogP) is 3.81. The number of aliphatic imine (C=N–C) groups is 1. The molecule has 2 heterocycles. The van der Waals surface area contributed by atoms with Crippen molar-refractivity contribution in [2.75, 3.05) is 13.1 Å². The molecule has 0 spiro atoms. The van der Waals surface area contributed by atoms with Gasteiger partial charge >= 0.3 is 0 Å². The zero-order valence-corrected chi connectivity index (χ0v) is 19.1. The van der Waals surface area contributed by atoms with Crippen LogP contribution in [0.15, 0.2) is 47.5 Å². The fraction of sp³-hybridized carbons (Fsp3) is 0.381. The summed E-state index contributed by atoms with van der Waals surface area (Å²) in [5.74, 6) is 1.88. The highest BCUT2D eigenvalue weighted by molar-refractivity contribution is 14.0. The number of nitrogens with one attached hydrogen (secondary N) is 2. The molecule has 0 aliphatic heterocycles. The highest BCUT2D eigenvalue weighted by atomic mass is 127. The van der Waals surface area contributed by atoms with Gasteiger partial charge in [-0.15, -0.1) is 24.0 Å². The third-order valence-electron chi connectivity index (χ3n) is 4.39. The smallest absolute Gasteiger partial charge is 0.191 e. The Bertz CT molecular complexity index is 918. The molecule has 2 aromatic heterocycles. The third kappa shape index (κ3) is 5.92. The Kier molecular flexibility index (Phi) is 8.69. The van der Waals surface area contributed by atoms with Crippen LogP contribution in [0.4, 0.5) is 0 Å². The Hall–Kier alpha value is -2.16. The second-order valence-corrected chi connectivity index (χ2v) is 6.55. The van der Waals surface area contributed by atoms with Crippen LogP contribution < -0.4 is 10.6 Å². The fourth-order valence-electron chi connectivity index (χ4n) is 3.11. The van der Waals surface area contributed by atoms with E-state index in [0.29, 0.717) is 6.54 Å². The summed E-state index contributed by atoms with van der Waals surface area (Å²) in [5, 5.41) is 6.71. The molecule has 2 N–H and O–H groups in total. The van der Waals surface area contributed by atoms with E-state index in [1.807, 2.05) is 31.2 Å². The Balaban J connectivity index is 0.00000280. The van der Waals surface area contributed by atoms with Crippen molar-refractivity contribution in [3.8, 4) is 0 Å². The van der Waals surface area contributed by atoms with Gasteiger partial charge in [-0.25, -0.2) is 9.98 Å². The Morgan fingerprint density at radius 2 is 1.86 bits per heavy atom. The van der Waals surface area contributed by atoms with Gasteiger partial charge in [-0.2, -0.15) is 0 Å². The number of fused-ring (bicyclic) bond motifs is 1. The van der Waals surface area contributed by atoms with E-state index in [1.54, 1.807) is 0 Å². The molecule has 0 unspecified atom stereocenters. The van der Waals surface area contributed by atoms with Crippen LogP contribution in [0.1, 0.15) is 30.6 Å². The van der Waals surface area contributed by atoms with Gasteiger partial charge in [0.15, 0.2) is 5.96 Å². The number of guanidine groups is 1. The largest absolute Gasteiger partial charge is 0.357 e. The van der Waals surface area contributed by atoms with E-state index in [2.05, 4.69) is 62.2 Å². The van der Waals surface area contributed by atoms with Crippen molar-refractivity contribution in [1.82, 2.24) is 25.2 Å². The number of hydrogen-bond donors (Lipinski definition) is 2. The van der Waals surface area contributed by atoms with Gasteiger partial charge in [0.05, 0.1) is 23.3 Å². The molecule has 3 rings (SSSR count). The zero-order chi connectivity index (χ0) is 19.1. The van der Waals surface area contributed by atoms with E-state index < -0.39 is 0 Å². The van der Waals surface area contributed by atoms with E-state index in [4.69, 9.17) is 0 Å². The first kappa shape index (κ1) is 22.1. The molecular formula is C21H29IN6. The SMILES string of the molecule is CCNC(=NCc1cccc(C)n1)NCCCn1c(C)nc2ccccc21.I. The fourth-order valence-corrected chi connectivity index (χ4v) is 3.11. The summed E-state index contributed by atoms with van der Waals surface area (Å²) in [6.45, 7) is 9.31. The molecule has 0 saturated carbocycles. The lowest BCUT2D eigenvalue weighted by atomic mass is 10.3. The minimum Gasteiger partial charge on any atom is -0.357 e. The number of para-hydroxylation sites is 2. The Labute approximate surface area is 183 Å². The maximum atomic E-state index is 4.64. The average molecular weight is 492 g/mol. The summed E-state index contributed by atoms with van der Waals surface area (Å²) in [6.07, 6.45) is 0.994. The third-order valence-corrected chi connectivity index (χ3v) is 4.39. The molecule has 0 aliphatic carbocycles. The molecule has 0 amide bonds. The first-order chi connectivity index (χ1) is 13.2. The van der Waals surface area contributed by atoms with Gasteiger partial charge in [0.25, 0.3) is 0 Å². The van der Waals surface area contributed by atoms with Gasteiger partial charge in [-0.1, -0.05) is 18.2 Å². The molecule has 0 radical (unpaired) electrons. The quantitative estimate of drug-likeness (QED) is 0.228. The van der Waals surface area contributed by atoms with Gasteiger partial charge in [0.2, 0.25) is 0 Å². The number of aromatic nitrogens is 3. The van der Waals surface area contributed by atoms with Crippen molar-refractivity contribution in [1.29, 1.82) is 0 Å². The molecule has 1 aromatic carbocycles. The molecule has 150 valence electrons. The number of aryl methyl sites for hydroxylation is 3. The second-order valence-electron chi connectivity index (χ2n) is 6.55. The second kappa shape index (κ2) is 11.0. The van der Waals surface area contributed by atoms with Crippen molar-refractivity contribution in [2.45, 2.75) is 40.3 Å². The molecule has 3 aromatic rings. The topological polar surface area (TPSA) is 67.1 Å². The standard InChI is InChI=1S/C21H28N6.HI/c1-4-22-21(24-15-18-10-7-9-16(2)25-18)23-13-8-14-27-17(3)26-19-11-5-6-12-20(19)27;/h5-7,9-12H,4,8,13-15H2,1-3H3,(H2,22,23,24);1H. The Morgan fingerprint density at radius 3 is 2.64 bits per heavy atom. The number of hydrogen-bond acceptors (Lipinski definition) is 3. The van der Waals surface area contributed by atoms with Crippen LogP contribution in [0.25, 0.3) is 11.0 Å². The summed E-state index contributed by atoms with van der Waals surface area (Å²) in [4.78, 5) is 13.8. The first-order valence-corrected chi connectivity index (χ1v) is 9.54. The average Bonchev–Trinajstić information content (AvgIpc) is 2.98. The number of imidazole rings is 1. The predicted molar refractivity (Wildman–Crippen MR) is 126 cm³/mol. The summed E-state index contributed by atoms with van der Waals surface area (Å²) in [6, 6.07) is 14.3. The van der Waals surface area contributed by atoms with Crippen LogP contribution in [0, 0.1) is 13.8 Å². The number of benzene rings is 1. The maximum absolute atomic E-state index is 4.64. The molecule has 0 saturated heterocycles. The van der Waals surface area contributed by atoms with Crippen LogP contribution in [0.5, 0.6) is 0 Å². The summed E-state index contributed by atoms with van der Waals surface area (Å²) in [5.41, 5.74) is 4.25. The van der Waals surface area contributed by atoms with E-state index in [1.165, 1.54) is 5.52 Å². The molecular weight excluding hydrogens is 463 g/mol. The molecule has 28 heavy (non-hydrogen) atoms. The van der Waals surface area contributed by atoms with E-state index in [-0.39, 0.29) is 24.0 Å². The monoisotopic (exact) mass is 492 g/mol. The van der Waals surface area contributed by atoms with Crippen LogP contribution >= 0.6 is 24.0 Å². The van der Waals surface area contributed by atoms with Crippen LogP contribution in [0.3, 0.4) is 0 Å². The van der Waals surface area contributed by atoms with Gasteiger partial charge in [0.1, 0.15) is 5.82 Å². The van der Waals surface area contributed by atoms with Gasteiger partial charge in [-0.05, 0) is 51.5 Å². The van der Waals surface area contributed by atoms with Crippen LogP contribution in [-0.4, -0.2) is 33.6 Å². The van der Waals surface area contributed by atoms with Gasteiger partial charge < -0.3 is 15.2 Å². The van der Waals surface area contributed by atoms with Crippen molar-refractivity contribution in [3.05, 3.63) is 59.7 Å². The minimum atomic E-state index is 0. The molecule has 0 atom stereocenters. The van der Waals surface area contributed by atoms with Gasteiger partial charge in [0, 0.05) is 25.3 Å². The molecule has 7 heteroatoms. The highest BCUT2D eigenvalue weighted by Crippen LogP contribution is 2.15. The van der Waals surface area contributed by atoms with E-state index in [0.717, 1.165) is 54.7 Å². The lowest BCUT2D eigenvalue weighted by molar-refractivity contribution is 0.624. The number of pyridine rings is 1. The van der Waals surface area contributed by atoms with Crippen molar-refractivity contribution in [2.24, 2.45) is 4.99 Å². The summed E-state index contributed by atoms with van der Waals surface area (Å²) >= 11 is 0. The molecule has 0 fully saturated rings. The van der Waals surface area contributed by atoms with Crippen LogP contribution in [-0.2, 0) is 13.1 Å². The zero-order valence-electron chi connectivity index (χ0n) is 16.8. The van der Waals surface area contributed by atoms with Gasteiger partial charge in [-0.3, -0.25) is 4.98 Å². The van der Waals surface area contributed by atoms with Crippen molar-refractivity contribution in [3.63, 3.8) is 0 Å². The lowest BCUT2D eigenvalue weighted by Gasteiger charge is -2.12. The number of halogens is 1. The molecule has 6 nitrogen and oxygen atoms in total. The number of rotatable bonds is 7. The Morgan fingerprint density at radius 1 is 1.04 bits per heavy atom. The maximum Gasteiger partial charge on any atom is 0.191 e. The molecule has 0 aliphatic rings. The minimum absolute atomic E-state index is 0. The highest BCUT2D eigenvalue weighted by Gasteiger charge is 2.06. The summed E-state index contributed by atoms with van der Waals surface area (Å²) in [7, 11) is 0. The van der Waals surface area contributed by atoms with Crippen LogP contribution in [0.2, 0.25) is 0 Å². The van der Waals surface area contributed by atoms with Crippen molar-refractivity contribution < 1.29 is 0 Å².